The van der Waals surface area contributed by atoms with Crippen LogP contribution in [0.15, 0.2) is 49.1 Å². The van der Waals surface area contributed by atoms with Crippen LogP contribution in [0.1, 0.15) is 10.4 Å². The third-order valence-electron chi connectivity index (χ3n) is 3.52. The second kappa shape index (κ2) is 7.28. The van der Waals surface area contributed by atoms with Crippen LogP contribution >= 0.6 is 11.6 Å². The molecule has 0 radical (unpaired) electrons. The van der Waals surface area contributed by atoms with Crippen molar-refractivity contribution in [3.8, 4) is 5.75 Å². The Balaban J connectivity index is 1.79. The van der Waals surface area contributed by atoms with Crippen molar-refractivity contribution >= 4 is 46.4 Å². The quantitative estimate of drug-likeness (QED) is 0.719. The van der Waals surface area contributed by atoms with Crippen molar-refractivity contribution in [3.05, 3.63) is 59.6 Å². The zero-order valence-corrected chi connectivity index (χ0v) is 14.2. The molecule has 7 nitrogen and oxygen atoms in total. The van der Waals surface area contributed by atoms with Gasteiger partial charge >= 0.3 is 0 Å². The Morgan fingerprint density at radius 1 is 1.19 bits per heavy atom. The molecule has 1 aliphatic rings. The molecule has 0 spiro atoms. The van der Waals surface area contributed by atoms with Crippen LogP contribution in [0, 0.1) is 0 Å². The van der Waals surface area contributed by atoms with Gasteiger partial charge in [0, 0.05) is 16.3 Å². The van der Waals surface area contributed by atoms with E-state index in [0.29, 0.717) is 33.4 Å². The summed E-state index contributed by atoms with van der Waals surface area (Å²) in [6, 6.07) is 9.40. The van der Waals surface area contributed by atoms with E-state index in [1.165, 1.54) is 6.07 Å². The summed E-state index contributed by atoms with van der Waals surface area (Å²) in [4.78, 5) is 35.2. The van der Waals surface area contributed by atoms with Crippen molar-refractivity contribution in [2.45, 2.75) is 0 Å². The van der Waals surface area contributed by atoms with Gasteiger partial charge in [-0.2, -0.15) is 0 Å². The Morgan fingerprint density at radius 2 is 1.92 bits per heavy atom. The van der Waals surface area contributed by atoms with E-state index in [1.807, 2.05) is 0 Å². The molecule has 1 heterocycles. The van der Waals surface area contributed by atoms with Gasteiger partial charge in [0.25, 0.3) is 11.8 Å². The van der Waals surface area contributed by atoms with Crippen LogP contribution in [0.25, 0.3) is 0 Å². The number of carbonyl (C=O) groups excluding carboxylic acids is 3. The normalized spacial score (nSPS) is 12.3. The molecule has 0 aliphatic carbocycles. The van der Waals surface area contributed by atoms with Crippen molar-refractivity contribution in [2.75, 3.05) is 22.6 Å². The van der Waals surface area contributed by atoms with E-state index < -0.39 is 5.91 Å². The topological polar surface area (TPSA) is 96.5 Å². The smallest absolute Gasteiger partial charge is 0.262 e. The number of rotatable bonds is 4. The van der Waals surface area contributed by atoms with E-state index in [4.69, 9.17) is 16.3 Å². The highest BCUT2D eigenvalue weighted by Crippen LogP contribution is 2.38. The fourth-order valence-electron chi connectivity index (χ4n) is 2.35. The average molecular weight is 372 g/mol. The van der Waals surface area contributed by atoms with Crippen molar-refractivity contribution in [1.29, 1.82) is 0 Å². The van der Waals surface area contributed by atoms with Gasteiger partial charge in [0.2, 0.25) is 5.91 Å². The minimum atomic E-state index is -0.392. The lowest BCUT2D eigenvalue weighted by atomic mass is 10.1. The van der Waals surface area contributed by atoms with Crippen LogP contribution in [-0.2, 0) is 9.59 Å². The lowest BCUT2D eigenvalue weighted by Crippen LogP contribution is -2.26. The first kappa shape index (κ1) is 17.5. The van der Waals surface area contributed by atoms with Gasteiger partial charge in [-0.05, 0) is 42.5 Å². The highest BCUT2D eigenvalue weighted by Gasteiger charge is 2.21. The molecule has 0 saturated heterocycles. The van der Waals surface area contributed by atoms with Crippen molar-refractivity contribution < 1.29 is 19.1 Å². The summed E-state index contributed by atoms with van der Waals surface area (Å²) < 4.78 is 5.39. The van der Waals surface area contributed by atoms with Gasteiger partial charge in [0.05, 0.1) is 11.4 Å². The maximum absolute atomic E-state index is 12.5. The van der Waals surface area contributed by atoms with Gasteiger partial charge in [-0.1, -0.05) is 18.2 Å². The zero-order valence-electron chi connectivity index (χ0n) is 13.5. The molecule has 0 unspecified atom stereocenters. The molecule has 1 aliphatic heterocycles. The Labute approximate surface area is 154 Å². The van der Waals surface area contributed by atoms with Gasteiger partial charge in [-0.15, -0.1) is 0 Å². The van der Waals surface area contributed by atoms with Gasteiger partial charge < -0.3 is 20.7 Å². The van der Waals surface area contributed by atoms with E-state index in [0.717, 1.165) is 6.08 Å². The van der Waals surface area contributed by atoms with Gasteiger partial charge in [-0.3, -0.25) is 14.4 Å². The summed E-state index contributed by atoms with van der Waals surface area (Å²) in [5, 5.41) is 8.28. The average Bonchev–Trinajstić information content (AvgIpc) is 2.61. The molecule has 3 rings (SSSR count). The van der Waals surface area contributed by atoms with Crippen molar-refractivity contribution in [2.24, 2.45) is 0 Å². The lowest BCUT2D eigenvalue weighted by Gasteiger charge is -2.21. The maximum atomic E-state index is 12.5. The fraction of sp³-hybridized carbons (Fsp3) is 0.0556. The van der Waals surface area contributed by atoms with E-state index in [-0.39, 0.29) is 18.4 Å². The number of fused-ring (bicyclic) bond motifs is 1. The summed E-state index contributed by atoms with van der Waals surface area (Å²) in [7, 11) is 0. The molecule has 0 fully saturated rings. The predicted molar refractivity (Wildman–Crippen MR) is 98.8 cm³/mol. The third kappa shape index (κ3) is 3.84. The van der Waals surface area contributed by atoms with Crippen LogP contribution in [0.5, 0.6) is 5.75 Å². The summed E-state index contributed by atoms with van der Waals surface area (Å²) in [6.07, 6.45) is 1.15. The van der Waals surface area contributed by atoms with Crippen LogP contribution < -0.4 is 20.7 Å². The maximum Gasteiger partial charge on any atom is 0.262 e. The predicted octanol–water partition coefficient (Wildman–Crippen LogP) is 3.05. The number of carbonyl (C=O) groups is 3. The summed E-state index contributed by atoms with van der Waals surface area (Å²) in [6.45, 7) is 3.23. The van der Waals surface area contributed by atoms with Crippen LogP contribution in [-0.4, -0.2) is 24.3 Å². The Bertz CT molecular complexity index is 909. The lowest BCUT2D eigenvalue weighted by molar-refractivity contribution is -0.118. The molecule has 2 aromatic rings. The molecular weight excluding hydrogens is 358 g/mol. The van der Waals surface area contributed by atoms with Crippen LogP contribution in [0.2, 0.25) is 5.02 Å². The molecule has 26 heavy (non-hydrogen) atoms. The first-order valence-corrected chi connectivity index (χ1v) is 7.95. The summed E-state index contributed by atoms with van der Waals surface area (Å²) >= 11 is 6.04. The number of halogens is 1. The molecule has 3 N–H and O–H groups in total. The fourth-order valence-corrected chi connectivity index (χ4v) is 2.57. The number of anilines is 3. The molecule has 0 saturated carbocycles. The van der Waals surface area contributed by atoms with E-state index in [9.17, 15) is 14.4 Å². The number of nitrogens with one attached hydrogen (secondary N) is 3. The second-order valence-corrected chi connectivity index (χ2v) is 5.83. The number of benzene rings is 2. The Morgan fingerprint density at radius 3 is 2.62 bits per heavy atom. The summed E-state index contributed by atoms with van der Waals surface area (Å²) in [5.41, 5.74) is 1.65. The molecule has 2 aromatic carbocycles. The van der Waals surface area contributed by atoms with Crippen LogP contribution in [0.3, 0.4) is 0 Å². The number of hydrogen-bond acceptors (Lipinski definition) is 4. The summed E-state index contributed by atoms with van der Waals surface area (Å²) in [5.74, 6) is -0.685. The molecule has 3 amide bonds. The van der Waals surface area contributed by atoms with Gasteiger partial charge in [0.1, 0.15) is 0 Å². The minimum absolute atomic E-state index is 0.144. The van der Waals surface area contributed by atoms with E-state index in [2.05, 4.69) is 22.5 Å². The van der Waals surface area contributed by atoms with Crippen molar-refractivity contribution in [1.82, 2.24) is 0 Å². The first-order chi connectivity index (χ1) is 12.5. The number of hydrogen-bond donors (Lipinski definition) is 3. The number of ether oxygens (including phenoxy) is 1. The zero-order chi connectivity index (χ0) is 18.7. The van der Waals surface area contributed by atoms with Crippen molar-refractivity contribution in [3.63, 3.8) is 0 Å². The molecule has 0 atom stereocenters. The Hall–Kier alpha value is -3.32. The molecular formula is C18H14ClN3O4. The van der Waals surface area contributed by atoms with E-state index >= 15 is 0 Å². The first-order valence-electron chi connectivity index (χ1n) is 7.57. The van der Waals surface area contributed by atoms with Crippen LogP contribution in [0.4, 0.5) is 17.1 Å². The standard InChI is InChI=1S/C18H14ClN3O4/c1-2-15(23)20-12-5-3-10(4-6-12)18(25)22-14-8-11(19)7-13-17(14)26-9-16(24)21-13/h2-8H,1,9H2,(H,20,23)(H,21,24)(H,22,25). The minimum Gasteiger partial charge on any atom is -0.479 e. The van der Waals surface area contributed by atoms with Gasteiger partial charge in [0.15, 0.2) is 12.4 Å². The Kier molecular flexibility index (Phi) is 4.90. The third-order valence-corrected chi connectivity index (χ3v) is 3.74. The largest absolute Gasteiger partial charge is 0.479 e. The highest BCUT2D eigenvalue weighted by atomic mass is 35.5. The molecule has 0 aromatic heterocycles. The highest BCUT2D eigenvalue weighted by molar-refractivity contribution is 6.31. The number of amides is 3. The second-order valence-electron chi connectivity index (χ2n) is 5.39. The monoisotopic (exact) mass is 371 g/mol. The molecule has 8 heteroatoms. The molecule has 132 valence electrons. The van der Waals surface area contributed by atoms with E-state index in [1.54, 1.807) is 30.3 Å². The van der Waals surface area contributed by atoms with Gasteiger partial charge in [-0.25, -0.2) is 0 Å². The SMILES string of the molecule is C=CC(=O)Nc1ccc(C(=O)Nc2cc(Cl)cc3c2OCC(=O)N3)cc1. The molecule has 0 bridgehead atoms.